The average Bonchev–Trinajstić information content (AvgIpc) is 2.83. The second-order valence-corrected chi connectivity index (χ2v) is 6.95. The lowest BCUT2D eigenvalue weighted by Gasteiger charge is -2.18. The van der Waals surface area contributed by atoms with Crippen molar-refractivity contribution in [3.8, 4) is 5.75 Å². The molecule has 1 amide bonds. The van der Waals surface area contributed by atoms with Gasteiger partial charge in [-0.1, -0.05) is 42.5 Å². The molecule has 0 saturated heterocycles. The molecular weight excluding hydrogens is 426 g/mol. The first kappa shape index (κ1) is 23.3. The summed E-state index contributed by atoms with van der Waals surface area (Å²) in [6.45, 7) is 0.102. The third kappa shape index (κ3) is 6.54. The van der Waals surface area contributed by atoms with Gasteiger partial charge in [-0.2, -0.15) is 0 Å². The Hall–Kier alpha value is -4.40. The number of nitrogens with zero attached hydrogens (tertiary/aromatic N) is 1. The van der Waals surface area contributed by atoms with Crippen LogP contribution < -0.4 is 15.4 Å². The topological polar surface area (TPSA) is 120 Å². The van der Waals surface area contributed by atoms with E-state index < -0.39 is 22.9 Å². The summed E-state index contributed by atoms with van der Waals surface area (Å²) in [5.74, 6) is -0.489. The van der Waals surface area contributed by atoms with Crippen molar-refractivity contribution in [3.63, 3.8) is 0 Å². The SMILES string of the molecule is COc1ccc(NC(=O)C(OC(=O)CCNc2ccccc2[N+](=O)[O-])c2ccccc2)cc1. The van der Waals surface area contributed by atoms with Crippen molar-refractivity contribution in [2.75, 3.05) is 24.3 Å². The van der Waals surface area contributed by atoms with E-state index >= 15 is 0 Å². The zero-order valence-electron chi connectivity index (χ0n) is 17.9. The number of benzene rings is 3. The number of esters is 1. The molecule has 0 bridgehead atoms. The molecule has 0 heterocycles. The van der Waals surface area contributed by atoms with Crippen LogP contribution in [0.4, 0.5) is 17.1 Å². The molecule has 1 unspecified atom stereocenters. The van der Waals surface area contributed by atoms with Crippen molar-refractivity contribution in [2.24, 2.45) is 0 Å². The molecule has 3 aromatic rings. The molecule has 3 aromatic carbocycles. The Morgan fingerprint density at radius 1 is 0.970 bits per heavy atom. The fourth-order valence-corrected chi connectivity index (χ4v) is 3.05. The van der Waals surface area contributed by atoms with Crippen LogP contribution in [0.1, 0.15) is 18.1 Å². The van der Waals surface area contributed by atoms with Crippen LogP contribution in [0.25, 0.3) is 0 Å². The lowest BCUT2D eigenvalue weighted by atomic mass is 10.1. The number of carbonyl (C=O) groups excluding carboxylic acids is 2. The summed E-state index contributed by atoms with van der Waals surface area (Å²) in [7, 11) is 1.54. The Balaban J connectivity index is 1.64. The quantitative estimate of drug-likeness (QED) is 0.269. The monoisotopic (exact) mass is 449 g/mol. The number of nitro groups is 1. The van der Waals surface area contributed by atoms with Gasteiger partial charge in [0, 0.05) is 23.9 Å². The molecule has 2 N–H and O–H groups in total. The Morgan fingerprint density at radius 2 is 1.64 bits per heavy atom. The van der Waals surface area contributed by atoms with Crippen LogP contribution >= 0.6 is 0 Å². The summed E-state index contributed by atoms with van der Waals surface area (Å²) in [4.78, 5) is 36.0. The second-order valence-electron chi connectivity index (χ2n) is 6.95. The van der Waals surface area contributed by atoms with Gasteiger partial charge in [0.15, 0.2) is 0 Å². The number of para-hydroxylation sites is 2. The number of methoxy groups -OCH3 is 1. The molecule has 33 heavy (non-hydrogen) atoms. The normalized spacial score (nSPS) is 11.2. The Kier molecular flexibility index (Phi) is 7.96. The molecule has 1 atom stereocenters. The lowest BCUT2D eigenvalue weighted by Crippen LogP contribution is -2.26. The number of anilines is 2. The molecule has 0 aliphatic heterocycles. The summed E-state index contributed by atoms with van der Waals surface area (Å²) >= 11 is 0. The molecule has 0 aliphatic carbocycles. The van der Waals surface area contributed by atoms with E-state index in [9.17, 15) is 19.7 Å². The molecule has 3 rings (SSSR count). The molecule has 0 aliphatic rings. The maximum atomic E-state index is 12.9. The minimum atomic E-state index is -1.16. The molecule has 0 saturated carbocycles. The van der Waals surface area contributed by atoms with E-state index in [4.69, 9.17) is 9.47 Å². The van der Waals surface area contributed by atoms with Gasteiger partial charge in [-0.15, -0.1) is 0 Å². The zero-order chi connectivity index (χ0) is 23.6. The van der Waals surface area contributed by atoms with Crippen LogP contribution in [0.3, 0.4) is 0 Å². The van der Waals surface area contributed by atoms with Crippen molar-refractivity contribution in [1.29, 1.82) is 0 Å². The van der Waals surface area contributed by atoms with Gasteiger partial charge in [-0.25, -0.2) is 0 Å². The molecule has 0 aromatic heterocycles. The first-order valence-electron chi connectivity index (χ1n) is 10.1. The van der Waals surface area contributed by atoms with Crippen molar-refractivity contribution in [3.05, 3.63) is 94.5 Å². The maximum Gasteiger partial charge on any atom is 0.308 e. The lowest BCUT2D eigenvalue weighted by molar-refractivity contribution is -0.384. The third-order valence-corrected chi connectivity index (χ3v) is 4.69. The number of ether oxygens (including phenoxy) is 2. The highest BCUT2D eigenvalue weighted by molar-refractivity contribution is 5.96. The standard InChI is InChI=1S/C24H23N3O6/c1-32-19-13-11-18(12-14-19)26-24(29)23(17-7-3-2-4-8-17)33-22(28)15-16-25-20-9-5-6-10-21(20)27(30)31/h2-14,23,25H,15-16H2,1H3,(H,26,29). The van der Waals surface area contributed by atoms with Crippen molar-refractivity contribution >= 4 is 28.9 Å². The number of hydrogen-bond acceptors (Lipinski definition) is 7. The van der Waals surface area contributed by atoms with Gasteiger partial charge in [-0.3, -0.25) is 19.7 Å². The van der Waals surface area contributed by atoms with Crippen LogP contribution in [0.2, 0.25) is 0 Å². The second kappa shape index (κ2) is 11.3. The summed E-state index contributed by atoms with van der Waals surface area (Å²) in [5.41, 5.74) is 1.25. The van der Waals surface area contributed by atoms with Crippen LogP contribution in [0, 0.1) is 10.1 Å². The molecule has 0 spiro atoms. The zero-order valence-corrected chi connectivity index (χ0v) is 17.9. The van der Waals surface area contributed by atoms with Crippen LogP contribution in [-0.4, -0.2) is 30.5 Å². The van der Waals surface area contributed by atoms with E-state index in [0.717, 1.165) is 0 Å². The fraction of sp³-hybridized carbons (Fsp3) is 0.167. The predicted molar refractivity (Wildman–Crippen MR) is 123 cm³/mol. The molecule has 170 valence electrons. The van der Waals surface area contributed by atoms with Gasteiger partial charge in [-0.05, 0) is 30.3 Å². The number of hydrogen-bond donors (Lipinski definition) is 2. The highest BCUT2D eigenvalue weighted by Gasteiger charge is 2.25. The van der Waals surface area contributed by atoms with Crippen LogP contribution in [0.5, 0.6) is 5.75 Å². The molecule has 9 heteroatoms. The average molecular weight is 449 g/mol. The number of nitrogens with one attached hydrogen (secondary N) is 2. The highest BCUT2D eigenvalue weighted by Crippen LogP contribution is 2.24. The number of rotatable bonds is 10. The highest BCUT2D eigenvalue weighted by atomic mass is 16.6. The van der Waals surface area contributed by atoms with E-state index in [2.05, 4.69) is 10.6 Å². The Morgan fingerprint density at radius 3 is 2.30 bits per heavy atom. The van der Waals surface area contributed by atoms with E-state index in [-0.39, 0.29) is 18.7 Å². The molecular formula is C24H23N3O6. The first-order chi connectivity index (χ1) is 16.0. The first-order valence-corrected chi connectivity index (χ1v) is 10.1. The van der Waals surface area contributed by atoms with Crippen molar-refractivity contribution in [2.45, 2.75) is 12.5 Å². The van der Waals surface area contributed by atoms with Crippen LogP contribution in [0.15, 0.2) is 78.9 Å². The van der Waals surface area contributed by atoms with Gasteiger partial charge < -0.3 is 20.1 Å². The summed E-state index contributed by atoms with van der Waals surface area (Å²) < 4.78 is 10.6. The smallest absolute Gasteiger partial charge is 0.308 e. The Labute approximate surface area is 190 Å². The van der Waals surface area contributed by atoms with Crippen LogP contribution in [-0.2, 0) is 14.3 Å². The molecule has 0 fully saturated rings. The maximum absolute atomic E-state index is 12.9. The summed E-state index contributed by atoms with van der Waals surface area (Å²) in [5, 5.41) is 16.7. The van der Waals surface area contributed by atoms with Crippen molar-refractivity contribution in [1.82, 2.24) is 0 Å². The minimum absolute atomic E-state index is 0.0908. The number of nitro benzene ring substituents is 1. The fourth-order valence-electron chi connectivity index (χ4n) is 3.05. The van der Waals surface area contributed by atoms with Gasteiger partial charge in [0.2, 0.25) is 6.10 Å². The van der Waals surface area contributed by atoms with E-state index in [1.807, 2.05) is 0 Å². The van der Waals surface area contributed by atoms with E-state index in [1.54, 1.807) is 79.9 Å². The van der Waals surface area contributed by atoms with Gasteiger partial charge in [0.25, 0.3) is 11.6 Å². The van der Waals surface area contributed by atoms with E-state index in [1.165, 1.54) is 6.07 Å². The largest absolute Gasteiger partial charge is 0.497 e. The molecule has 9 nitrogen and oxygen atoms in total. The minimum Gasteiger partial charge on any atom is -0.497 e. The predicted octanol–water partition coefficient (Wildman–Crippen LogP) is 4.33. The summed E-state index contributed by atoms with van der Waals surface area (Å²) in [6.07, 6.45) is -1.25. The third-order valence-electron chi connectivity index (χ3n) is 4.69. The van der Waals surface area contributed by atoms with Gasteiger partial charge in [0.1, 0.15) is 11.4 Å². The number of amides is 1. The Bertz CT molecular complexity index is 1100. The molecule has 0 radical (unpaired) electrons. The van der Waals surface area contributed by atoms with Gasteiger partial charge in [0.05, 0.1) is 18.5 Å². The van der Waals surface area contributed by atoms with E-state index in [0.29, 0.717) is 22.7 Å². The number of carbonyl (C=O) groups is 2. The van der Waals surface area contributed by atoms with Gasteiger partial charge >= 0.3 is 5.97 Å². The van der Waals surface area contributed by atoms with Crippen molar-refractivity contribution < 1.29 is 24.0 Å². The summed E-state index contributed by atoms with van der Waals surface area (Å²) in [6, 6.07) is 21.6.